The summed E-state index contributed by atoms with van der Waals surface area (Å²) in [7, 11) is -2.09. The van der Waals surface area contributed by atoms with Gasteiger partial charge in [-0.3, -0.25) is 19.2 Å². The molecular formula is C21H24F3N3O5S. The van der Waals surface area contributed by atoms with Crippen molar-refractivity contribution in [3.05, 3.63) is 54.1 Å². The van der Waals surface area contributed by atoms with E-state index < -0.39 is 33.7 Å². The molecule has 1 atom stereocenters. The molecule has 1 N–H and O–H groups in total. The van der Waals surface area contributed by atoms with Crippen LogP contribution in [0.2, 0.25) is 0 Å². The number of amides is 1. The lowest BCUT2D eigenvalue weighted by molar-refractivity contribution is -0.167. The van der Waals surface area contributed by atoms with Gasteiger partial charge in [0.25, 0.3) is 5.91 Å². The van der Waals surface area contributed by atoms with Crippen LogP contribution in [-0.4, -0.2) is 68.5 Å². The normalized spacial score (nSPS) is 18.2. The van der Waals surface area contributed by atoms with Gasteiger partial charge in [-0.15, -0.1) is 0 Å². The van der Waals surface area contributed by atoms with Crippen molar-refractivity contribution in [2.45, 2.75) is 18.6 Å². The van der Waals surface area contributed by atoms with Gasteiger partial charge in [-0.05, 0) is 62.0 Å². The van der Waals surface area contributed by atoms with Gasteiger partial charge < -0.3 is 4.74 Å². The van der Waals surface area contributed by atoms with Crippen LogP contribution in [-0.2, 0) is 21.0 Å². The zero-order chi connectivity index (χ0) is 24.4. The minimum atomic E-state index is -4.45. The van der Waals surface area contributed by atoms with Crippen molar-refractivity contribution >= 4 is 21.6 Å². The summed E-state index contributed by atoms with van der Waals surface area (Å²) in [6.45, 7) is 0.462. The van der Waals surface area contributed by atoms with Gasteiger partial charge in [-0.1, -0.05) is 0 Å². The molecule has 1 aliphatic heterocycles. The number of sulfonamides is 1. The van der Waals surface area contributed by atoms with Crippen molar-refractivity contribution < 1.29 is 36.3 Å². The summed E-state index contributed by atoms with van der Waals surface area (Å²) in [4.78, 5) is 14.2. The molecule has 2 aromatic carbocycles. The summed E-state index contributed by atoms with van der Waals surface area (Å²) in [6, 6.07) is 9.19. The van der Waals surface area contributed by atoms with E-state index in [2.05, 4.69) is 0 Å². The van der Waals surface area contributed by atoms with E-state index in [0.29, 0.717) is 18.0 Å². The van der Waals surface area contributed by atoms with Crippen LogP contribution in [0.4, 0.5) is 18.9 Å². The first-order chi connectivity index (χ1) is 15.4. The smallest absolute Gasteiger partial charge is 0.416 e. The summed E-state index contributed by atoms with van der Waals surface area (Å²) in [6.07, 6.45) is -2.89. The zero-order valence-electron chi connectivity index (χ0n) is 18.0. The van der Waals surface area contributed by atoms with E-state index in [4.69, 9.17) is 4.74 Å². The Labute approximate surface area is 189 Å². The molecule has 1 saturated heterocycles. The monoisotopic (exact) mass is 487 g/mol. The quantitative estimate of drug-likeness (QED) is 0.630. The first kappa shape index (κ1) is 24.8. The molecule has 33 heavy (non-hydrogen) atoms. The highest BCUT2D eigenvalue weighted by Gasteiger charge is 2.34. The fourth-order valence-electron chi connectivity index (χ4n) is 3.43. The first-order valence-corrected chi connectivity index (χ1v) is 11.8. The van der Waals surface area contributed by atoms with E-state index in [9.17, 15) is 31.6 Å². The highest BCUT2D eigenvalue weighted by molar-refractivity contribution is 7.92. The van der Waals surface area contributed by atoms with Crippen LogP contribution in [0.5, 0.6) is 11.5 Å². The van der Waals surface area contributed by atoms with Crippen molar-refractivity contribution in [1.29, 1.82) is 0 Å². The molecule has 1 fully saturated rings. The number of alkyl halides is 3. The van der Waals surface area contributed by atoms with E-state index in [1.165, 1.54) is 36.4 Å². The van der Waals surface area contributed by atoms with Gasteiger partial charge in [-0.25, -0.2) is 13.5 Å². The average Bonchev–Trinajstić information content (AvgIpc) is 2.84. The third kappa shape index (κ3) is 6.15. The van der Waals surface area contributed by atoms with Gasteiger partial charge in [-0.2, -0.15) is 13.2 Å². The van der Waals surface area contributed by atoms with Crippen molar-refractivity contribution in [2.75, 3.05) is 37.2 Å². The second-order valence-corrected chi connectivity index (χ2v) is 9.63. The van der Waals surface area contributed by atoms with Crippen LogP contribution < -0.4 is 9.04 Å². The second kappa shape index (κ2) is 9.57. The van der Waals surface area contributed by atoms with Gasteiger partial charge in [0.2, 0.25) is 10.0 Å². The van der Waals surface area contributed by atoms with E-state index in [0.717, 1.165) is 22.7 Å². The number of anilines is 1. The number of rotatable bonds is 6. The number of likely N-dealkylation sites (N-methyl/N-ethyl adjacent to an activating group) is 1. The fraction of sp³-hybridized carbons (Fsp3) is 0.381. The third-order valence-corrected chi connectivity index (χ3v) is 6.39. The number of carbonyl (C=O) groups excluding carboxylic acids is 1. The molecule has 0 aliphatic carbocycles. The lowest BCUT2D eigenvalue weighted by Crippen LogP contribution is -2.51. The Kier molecular flexibility index (Phi) is 7.20. The highest BCUT2D eigenvalue weighted by atomic mass is 32.2. The summed E-state index contributed by atoms with van der Waals surface area (Å²) >= 11 is 0. The first-order valence-electron chi connectivity index (χ1n) is 9.99. The van der Waals surface area contributed by atoms with E-state index in [1.807, 2.05) is 0 Å². The molecule has 0 aromatic heterocycles. The van der Waals surface area contributed by atoms with Gasteiger partial charge in [0.15, 0.2) is 0 Å². The molecule has 2 aromatic rings. The Balaban J connectivity index is 1.79. The number of hydroxylamine groups is 2. The van der Waals surface area contributed by atoms with Crippen molar-refractivity contribution in [3.8, 4) is 11.5 Å². The van der Waals surface area contributed by atoms with Crippen molar-refractivity contribution in [3.63, 3.8) is 0 Å². The number of hydrogen-bond donors (Lipinski definition) is 1. The predicted octanol–water partition coefficient (Wildman–Crippen LogP) is 3.19. The Bertz CT molecular complexity index is 1080. The van der Waals surface area contributed by atoms with Gasteiger partial charge in [0, 0.05) is 13.1 Å². The number of benzene rings is 2. The molecule has 180 valence electrons. The van der Waals surface area contributed by atoms with Crippen molar-refractivity contribution in [1.82, 2.24) is 9.96 Å². The molecular weight excluding hydrogens is 463 g/mol. The molecule has 12 heteroatoms. The summed E-state index contributed by atoms with van der Waals surface area (Å²) in [5, 5.41) is 10.5. The number of ether oxygens (including phenoxy) is 1. The molecule has 0 radical (unpaired) electrons. The molecule has 1 aliphatic rings. The molecule has 0 bridgehead atoms. The maximum Gasteiger partial charge on any atom is 0.416 e. The second-order valence-electron chi connectivity index (χ2n) is 7.72. The lowest BCUT2D eigenvalue weighted by atomic mass is 10.2. The Morgan fingerprint density at radius 3 is 2.12 bits per heavy atom. The van der Waals surface area contributed by atoms with E-state index in [-0.39, 0.29) is 30.3 Å². The minimum Gasteiger partial charge on any atom is -0.457 e. The van der Waals surface area contributed by atoms with E-state index in [1.54, 1.807) is 11.9 Å². The molecule has 0 saturated carbocycles. The SMILES string of the molecule is CN1CCCN(O)C(=O)C1CN(c1ccc(Oc2ccc(C(F)(F)F)cc2)cc1)S(C)(=O)=O. The third-order valence-electron chi connectivity index (χ3n) is 5.23. The Morgan fingerprint density at radius 1 is 1.06 bits per heavy atom. The van der Waals surface area contributed by atoms with Crippen LogP contribution in [0, 0.1) is 0 Å². The zero-order valence-corrected chi connectivity index (χ0v) is 18.8. The largest absolute Gasteiger partial charge is 0.457 e. The van der Waals surface area contributed by atoms with Crippen LogP contribution in [0.25, 0.3) is 0 Å². The van der Waals surface area contributed by atoms with Gasteiger partial charge in [0.05, 0.1) is 24.1 Å². The maximum absolute atomic E-state index is 12.7. The van der Waals surface area contributed by atoms with Crippen LogP contribution >= 0.6 is 0 Å². The maximum atomic E-state index is 12.7. The summed E-state index contributed by atoms with van der Waals surface area (Å²) in [5.41, 5.74) is -0.527. The summed E-state index contributed by atoms with van der Waals surface area (Å²) < 4.78 is 69.6. The molecule has 8 nitrogen and oxygen atoms in total. The number of hydrogen-bond acceptors (Lipinski definition) is 6. The highest BCUT2D eigenvalue weighted by Crippen LogP contribution is 2.32. The average molecular weight is 488 g/mol. The van der Waals surface area contributed by atoms with Gasteiger partial charge in [0.1, 0.15) is 17.5 Å². The van der Waals surface area contributed by atoms with Crippen LogP contribution in [0.15, 0.2) is 48.5 Å². The molecule has 1 heterocycles. The molecule has 3 rings (SSSR count). The number of halogens is 3. The Hall–Kier alpha value is -2.83. The van der Waals surface area contributed by atoms with Crippen LogP contribution in [0.3, 0.4) is 0 Å². The molecule has 1 amide bonds. The van der Waals surface area contributed by atoms with Gasteiger partial charge >= 0.3 is 6.18 Å². The van der Waals surface area contributed by atoms with E-state index >= 15 is 0 Å². The lowest BCUT2D eigenvalue weighted by Gasteiger charge is -2.31. The Morgan fingerprint density at radius 2 is 1.61 bits per heavy atom. The number of nitrogens with zero attached hydrogens (tertiary/aromatic N) is 3. The fourth-order valence-corrected chi connectivity index (χ4v) is 4.35. The standard InChI is InChI=1S/C21H24F3N3O5S/c1-25-12-3-13-26(29)20(28)19(25)14-27(33(2,30)31)16-6-10-18(11-7-16)32-17-8-4-15(5-9-17)21(22,23)24/h4-11,19,29H,3,12-14H2,1-2H3. The van der Waals surface area contributed by atoms with Crippen LogP contribution in [0.1, 0.15) is 12.0 Å². The topological polar surface area (TPSA) is 90.4 Å². The minimum absolute atomic E-state index is 0.161. The summed E-state index contributed by atoms with van der Waals surface area (Å²) in [5.74, 6) is -0.119. The molecule has 0 spiro atoms. The molecule has 1 unspecified atom stereocenters. The number of carbonyl (C=O) groups is 1. The van der Waals surface area contributed by atoms with Crippen molar-refractivity contribution in [2.24, 2.45) is 0 Å². The predicted molar refractivity (Wildman–Crippen MR) is 115 cm³/mol.